The van der Waals surface area contributed by atoms with Crippen molar-refractivity contribution in [1.29, 1.82) is 0 Å². The fraction of sp³-hybridized carbons (Fsp3) is 0.294. The van der Waals surface area contributed by atoms with Gasteiger partial charge in [-0.3, -0.25) is 4.79 Å². The lowest BCUT2D eigenvalue weighted by Crippen LogP contribution is -2.16. The second-order valence-corrected chi connectivity index (χ2v) is 5.96. The molecule has 0 radical (unpaired) electrons. The fourth-order valence-electron chi connectivity index (χ4n) is 2.81. The van der Waals surface area contributed by atoms with E-state index in [1.54, 1.807) is 12.3 Å². The molecule has 1 amide bonds. The smallest absolute Gasteiger partial charge is 0.258 e. The molecule has 0 saturated carbocycles. The Morgan fingerprint density at radius 1 is 1.19 bits per heavy atom. The Labute approximate surface area is 129 Å². The fourth-order valence-corrected chi connectivity index (χ4v) is 3.36. The number of aromatic nitrogens is 1. The van der Waals surface area contributed by atoms with Crippen molar-refractivity contribution in [2.24, 2.45) is 0 Å². The number of amides is 1. The molecule has 0 unspecified atom stereocenters. The third-order valence-electron chi connectivity index (χ3n) is 3.85. The zero-order valence-corrected chi connectivity index (χ0v) is 12.9. The standard InChI is InChI=1S/C17H18N2OS/c1-21-17-14(9-5-11-18-17)16(20)19-15-10-4-7-12-6-2-3-8-13(12)15/h4-5,7,9-11H,2-3,6,8H2,1H3,(H,19,20). The Bertz CT molecular complexity index is 670. The van der Waals surface area contributed by atoms with Crippen LogP contribution in [-0.4, -0.2) is 17.1 Å². The van der Waals surface area contributed by atoms with Crippen molar-refractivity contribution in [3.8, 4) is 0 Å². The molecular weight excluding hydrogens is 280 g/mol. The molecule has 0 fully saturated rings. The molecule has 0 bridgehead atoms. The van der Waals surface area contributed by atoms with Crippen LogP contribution in [0.1, 0.15) is 34.3 Å². The molecule has 1 N–H and O–H groups in total. The van der Waals surface area contributed by atoms with E-state index < -0.39 is 0 Å². The summed E-state index contributed by atoms with van der Waals surface area (Å²) < 4.78 is 0. The molecule has 2 aromatic rings. The number of nitrogens with zero attached hydrogens (tertiary/aromatic N) is 1. The summed E-state index contributed by atoms with van der Waals surface area (Å²) in [6.07, 6.45) is 8.25. The molecule has 1 aliphatic carbocycles. The Morgan fingerprint density at radius 2 is 2.05 bits per heavy atom. The second-order valence-electron chi connectivity index (χ2n) is 5.16. The van der Waals surface area contributed by atoms with Crippen LogP contribution in [0.3, 0.4) is 0 Å². The molecule has 0 spiro atoms. The van der Waals surface area contributed by atoms with Gasteiger partial charge in [-0.2, -0.15) is 0 Å². The number of pyridine rings is 1. The van der Waals surface area contributed by atoms with Crippen molar-refractivity contribution in [3.63, 3.8) is 0 Å². The summed E-state index contributed by atoms with van der Waals surface area (Å²) in [5.74, 6) is -0.0774. The zero-order valence-electron chi connectivity index (χ0n) is 12.1. The predicted octanol–water partition coefficient (Wildman–Crippen LogP) is 3.93. The number of carbonyl (C=O) groups excluding carboxylic acids is 1. The van der Waals surface area contributed by atoms with E-state index in [1.165, 1.54) is 35.7 Å². The van der Waals surface area contributed by atoms with Gasteiger partial charge < -0.3 is 5.32 Å². The number of fused-ring (bicyclic) bond motifs is 1. The largest absolute Gasteiger partial charge is 0.322 e. The Hall–Kier alpha value is -1.81. The average molecular weight is 298 g/mol. The zero-order chi connectivity index (χ0) is 14.7. The van der Waals surface area contributed by atoms with Crippen LogP contribution in [0.4, 0.5) is 5.69 Å². The van der Waals surface area contributed by atoms with Gasteiger partial charge in [0.1, 0.15) is 5.03 Å². The summed E-state index contributed by atoms with van der Waals surface area (Å²) in [6.45, 7) is 0. The number of thioether (sulfide) groups is 1. The molecule has 1 aromatic carbocycles. The Morgan fingerprint density at radius 3 is 2.90 bits per heavy atom. The number of aryl methyl sites for hydroxylation is 1. The normalized spacial score (nSPS) is 13.6. The molecule has 1 aromatic heterocycles. The maximum Gasteiger partial charge on any atom is 0.258 e. The first kappa shape index (κ1) is 14.1. The molecule has 108 valence electrons. The number of benzene rings is 1. The lowest BCUT2D eigenvalue weighted by Gasteiger charge is -2.19. The lowest BCUT2D eigenvalue weighted by atomic mass is 9.90. The average Bonchev–Trinajstić information content (AvgIpc) is 2.55. The van der Waals surface area contributed by atoms with Crippen LogP contribution in [0.2, 0.25) is 0 Å². The topological polar surface area (TPSA) is 42.0 Å². The quantitative estimate of drug-likeness (QED) is 0.873. The molecule has 0 atom stereocenters. The minimum absolute atomic E-state index is 0.0774. The number of anilines is 1. The second kappa shape index (κ2) is 6.31. The van der Waals surface area contributed by atoms with Gasteiger partial charge in [0, 0.05) is 11.9 Å². The highest BCUT2D eigenvalue weighted by Gasteiger charge is 2.16. The summed E-state index contributed by atoms with van der Waals surface area (Å²) in [4.78, 5) is 16.8. The van der Waals surface area contributed by atoms with E-state index in [9.17, 15) is 4.79 Å². The molecule has 1 heterocycles. The first-order chi connectivity index (χ1) is 10.3. The lowest BCUT2D eigenvalue weighted by molar-refractivity contribution is 0.102. The summed E-state index contributed by atoms with van der Waals surface area (Å²) in [5, 5.41) is 3.83. The van der Waals surface area contributed by atoms with Crippen LogP contribution in [0, 0.1) is 0 Å². The summed E-state index contributed by atoms with van der Waals surface area (Å²) in [5.41, 5.74) is 4.26. The molecule has 3 rings (SSSR count). The van der Waals surface area contributed by atoms with Crippen LogP contribution < -0.4 is 5.32 Å². The van der Waals surface area contributed by atoms with Crippen LogP contribution in [0.15, 0.2) is 41.6 Å². The summed E-state index contributed by atoms with van der Waals surface area (Å²) in [6, 6.07) is 9.82. The van der Waals surface area contributed by atoms with Crippen LogP contribution in [0.5, 0.6) is 0 Å². The Kier molecular flexibility index (Phi) is 4.25. The van der Waals surface area contributed by atoms with E-state index in [0.717, 1.165) is 23.6 Å². The van der Waals surface area contributed by atoms with Gasteiger partial charge in [0.25, 0.3) is 5.91 Å². The van der Waals surface area contributed by atoms with E-state index in [2.05, 4.69) is 16.4 Å². The molecule has 1 aliphatic rings. The predicted molar refractivity (Wildman–Crippen MR) is 87.1 cm³/mol. The van der Waals surface area contributed by atoms with Crippen molar-refractivity contribution < 1.29 is 4.79 Å². The molecule has 0 aliphatic heterocycles. The first-order valence-corrected chi connectivity index (χ1v) is 8.43. The molecule has 3 nitrogen and oxygen atoms in total. The van der Waals surface area contributed by atoms with Gasteiger partial charge in [-0.1, -0.05) is 12.1 Å². The number of hydrogen-bond acceptors (Lipinski definition) is 3. The SMILES string of the molecule is CSc1ncccc1C(=O)Nc1cccc2c1CCCC2. The highest BCUT2D eigenvalue weighted by atomic mass is 32.2. The Balaban J connectivity index is 1.88. The van der Waals surface area contributed by atoms with E-state index in [0.29, 0.717) is 5.56 Å². The van der Waals surface area contributed by atoms with Crippen molar-refractivity contribution in [2.75, 3.05) is 11.6 Å². The van der Waals surface area contributed by atoms with Gasteiger partial charge in [0.05, 0.1) is 5.56 Å². The van der Waals surface area contributed by atoms with Crippen LogP contribution in [-0.2, 0) is 12.8 Å². The van der Waals surface area contributed by atoms with Crippen molar-refractivity contribution >= 4 is 23.4 Å². The van der Waals surface area contributed by atoms with E-state index >= 15 is 0 Å². The molecule has 21 heavy (non-hydrogen) atoms. The highest BCUT2D eigenvalue weighted by molar-refractivity contribution is 7.98. The molecular formula is C17H18N2OS. The molecule has 0 saturated heterocycles. The van der Waals surface area contributed by atoms with Gasteiger partial charge in [-0.05, 0) is 61.3 Å². The number of rotatable bonds is 3. The van der Waals surface area contributed by atoms with Crippen molar-refractivity contribution in [3.05, 3.63) is 53.2 Å². The first-order valence-electron chi connectivity index (χ1n) is 7.20. The van der Waals surface area contributed by atoms with E-state index in [-0.39, 0.29) is 5.91 Å². The van der Waals surface area contributed by atoms with Crippen LogP contribution >= 0.6 is 11.8 Å². The van der Waals surface area contributed by atoms with Gasteiger partial charge in [0.15, 0.2) is 0 Å². The highest BCUT2D eigenvalue weighted by Crippen LogP contribution is 2.28. The monoisotopic (exact) mass is 298 g/mol. The summed E-state index contributed by atoms with van der Waals surface area (Å²) >= 11 is 1.49. The van der Waals surface area contributed by atoms with Gasteiger partial charge >= 0.3 is 0 Å². The van der Waals surface area contributed by atoms with Crippen molar-refractivity contribution in [1.82, 2.24) is 4.98 Å². The number of hydrogen-bond donors (Lipinski definition) is 1. The third-order valence-corrected chi connectivity index (χ3v) is 4.57. The minimum atomic E-state index is -0.0774. The van der Waals surface area contributed by atoms with Crippen LogP contribution in [0.25, 0.3) is 0 Å². The summed E-state index contributed by atoms with van der Waals surface area (Å²) in [7, 11) is 0. The number of nitrogens with one attached hydrogen (secondary N) is 1. The maximum atomic E-state index is 12.5. The molecule has 4 heteroatoms. The van der Waals surface area contributed by atoms with Crippen molar-refractivity contribution in [2.45, 2.75) is 30.7 Å². The van der Waals surface area contributed by atoms with Gasteiger partial charge in [-0.25, -0.2) is 4.98 Å². The van der Waals surface area contributed by atoms with Gasteiger partial charge in [0.2, 0.25) is 0 Å². The maximum absolute atomic E-state index is 12.5. The van der Waals surface area contributed by atoms with E-state index in [4.69, 9.17) is 0 Å². The van der Waals surface area contributed by atoms with E-state index in [1.807, 2.05) is 24.5 Å². The number of carbonyl (C=O) groups is 1. The minimum Gasteiger partial charge on any atom is -0.322 e. The van der Waals surface area contributed by atoms with Gasteiger partial charge in [-0.15, -0.1) is 11.8 Å². The third kappa shape index (κ3) is 2.95.